The first-order valence-electron chi connectivity index (χ1n) is 8.80. The van der Waals surface area contributed by atoms with Gasteiger partial charge in [-0.2, -0.15) is 8.87 Å². The molecule has 1 aliphatic heterocycles. The summed E-state index contributed by atoms with van der Waals surface area (Å²) in [6.07, 6.45) is 3.67. The number of aryl methyl sites for hydroxylation is 2. The topological polar surface area (TPSA) is 79.6 Å². The van der Waals surface area contributed by atoms with E-state index in [9.17, 15) is 13.2 Å². The standard InChI is InChI=1S/C19H23N3O4S/c1-15-5-7-21(8-6-15)14-19(23)20-18-13-17(4-3-16(18)2)27(24,25)22-9-11-26-12-10-22/h3-8,13H,9-12,14H2,1-2H3/p+1. The summed E-state index contributed by atoms with van der Waals surface area (Å²) in [4.78, 5) is 12.5. The molecule has 0 unspecified atom stereocenters. The molecular formula is C19H24N3O4S+. The highest BCUT2D eigenvalue weighted by atomic mass is 32.2. The Bertz CT molecular complexity index is 920. The molecule has 0 radical (unpaired) electrons. The Kier molecular flexibility index (Phi) is 5.88. The van der Waals surface area contributed by atoms with E-state index in [1.807, 2.05) is 38.4 Å². The molecule has 7 nitrogen and oxygen atoms in total. The number of aromatic nitrogens is 1. The Balaban J connectivity index is 1.76. The summed E-state index contributed by atoms with van der Waals surface area (Å²) in [6, 6.07) is 8.66. The van der Waals surface area contributed by atoms with Gasteiger partial charge in [0.25, 0.3) is 5.91 Å². The van der Waals surface area contributed by atoms with Crippen LogP contribution in [0.4, 0.5) is 5.69 Å². The van der Waals surface area contributed by atoms with Crippen LogP contribution in [0.5, 0.6) is 0 Å². The fourth-order valence-corrected chi connectivity index (χ4v) is 4.26. The molecule has 8 heteroatoms. The lowest BCUT2D eigenvalue weighted by Crippen LogP contribution is -2.40. The minimum atomic E-state index is -3.60. The number of anilines is 1. The lowest BCUT2D eigenvalue weighted by Gasteiger charge is -2.26. The highest BCUT2D eigenvalue weighted by molar-refractivity contribution is 7.89. The number of carbonyl (C=O) groups is 1. The van der Waals surface area contributed by atoms with Crippen molar-refractivity contribution in [3.05, 3.63) is 53.9 Å². The van der Waals surface area contributed by atoms with Crippen LogP contribution in [0.1, 0.15) is 11.1 Å². The molecule has 1 N–H and O–H groups in total. The van der Waals surface area contributed by atoms with Crippen molar-refractivity contribution in [2.75, 3.05) is 31.6 Å². The molecule has 0 bridgehead atoms. The second-order valence-electron chi connectivity index (χ2n) is 6.59. The van der Waals surface area contributed by atoms with Crippen molar-refractivity contribution in [3.8, 4) is 0 Å². The van der Waals surface area contributed by atoms with Crippen molar-refractivity contribution in [3.63, 3.8) is 0 Å². The Morgan fingerprint density at radius 3 is 2.48 bits per heavy atom. The van der Waals surface area contributed by atoms with Gasteiger partial charge in [-0.3, -0.25) is 4.79 Å². The van der Waals surface area contributed by atoms with Gasteiger partial charge < -0.3 is 10.1 Å². The number of benzene rings is 1. The van der Waals surface area contributed by atoms with Crippen molar-refractivity contribution in [2.45, 2.75) is 25.3 Å². The Morgan fingerprint density at radius 2 is 1.81 bits per heavy atom. The molecule has 0 aliphatic carbocycles. The number of carbonyl (C=O) groups excluding carboxylic acids is 1. The molecular weight excluding hydrogens is 366 g/mol. The largest absolute Gasteiger partial charge is 0.379 e. The first-order chi connectivity index (χ1) is 12.9. The number of amides is 1. The van der Waals surface area contributed by atoms with Crippen molar-refractivity contribution < 1.29 is 22.5 Å². The molecule has 1 aliphatic rings. The number of rotatable bonds is 5. The first-order valence-corrected chi connectivity index (χ1v) is 10.2. The molecule has 3 rings (SSSR count). The van der Waals surface area contributed by atoms with Crippen LogP contribution >= 0.6 is 0 Å². The molecule has 2 aromatic rings. The highest BCUT2D eigenvalue weighted by Crippen LogP contribution is 2.23. The zero-order chi connectivity index (χ0) is 19.4. The quantitative estimate of drug-likeness (QED) is 0.780. The zero-order valence-corrected chi connectivity index (χ0v) is 16.3. The van der Waals surface area contributed by atoms with Crippen molar-refractivity contribution in [1.29, 1.82) is 0 Å². The molecule has 1 amide bonds. The third kappa shape index (κ3) is 4.71. The van der Waals surface area contributed by atoms with E-state index >= 15 is 0 Å². The molecule has 1 aromatic carbocycles. The maximum Gasteiger partial charge on any atom is 0.290 e. The average molecular weight is 390 g/mol. The predicted octanol–water partition coefficient (Wildman–Crippen LogP) is 1.25. The summed E-state index contributed by atoms with van der Waals surface area (Å²) >= 11 is 0. The minimum absolute atomic E-state index is 0.153. The van der Waals surface area contributed by atoms with Crippen LogP contribution in [-0.4, -0.2) is 44.9 Å². The second kappa shape index (κ2) is 8.16. The van der Waals surface area contributed by atoms with Crippen LogP contribution in [0.3, 0.4) is 0 Å². The van der Waals surface area contributed by atoms with Gasteiger partial charge in [0, 0.05) is 30.9 Å². The summed E-state index contributed by atoms with van der Waals surface area (Å²) in [5.41, 5.74) is 2.42. The van der Waals surface area contributed by atoms with Gasteiger partial charge in [0.05, 0.1) is 18.1 Å². The maximum atomic E-state index is 12.8. The Morgan fingerprint density at radius 1 is 1.15 bits per heavy atom. The third-order valence-electron chi connectivity index (χ3n) is 4.47. The molecule has 2 heterocycles. The van der Waals surface area contributed by atoms with E-state index in [-0.39, 0.29) is 17.3 Å². The molecule has 144 valence electrons. The van der Waals surface area contributed by atoms with Crippen molar-refractivity contribution >= 4 is 21.6 Å². The van der Waals surface area contributed by atoms with E-state index in [0.29, 0.717) is 32.0 Å². The monoisotopic (exact) mass is 390 g/mol. The van der Waals surface area contributed by atoms with Crippen LogP contribution in [0.15, 0.2) is 47.6 Å². The van der Waals surface area contributed by atoms with Crippen LogP contribution in [0.25, 0.3) is 0 Å². The van der Waals surface area contributed by atoms with E-state index in [1.54, 1.807) is 16.7 Å². The fourth-order valence-electron chi connectivity index (χ4n) is 2.83. The van der Waals surface area contributed by atoms with Gasteiger partial charge in [-0.25, -0.2) is 8.42 Å². The molecule has 0 saturated carbocycles. The number of ether oxygens (including phenoxy) is 1. The molecule has 27 heavy (non-hydrogen) atoms. The normalized spacial score (nSPS) is 15.5. The summed E-state index contributed by atoms with van der Waals surface area (Å²) in [6.45, 7) is 5.42. The molecule has 0 spiro atoms. The number of hydrogen-bond acceptors (Lipinski definition) is 4. The fraction of sp³-hybridized carbons (Fsp3) is 0.368. The van der Waals surface area contributed by atoms with E-state index < -0.39 is 10.0 Å². The van der Waals surface area contributed by atoms with Crippen LogP contribution in [-0.2, 0) is 26.1 Å². The Hall–Kier alpha value is -2.29. The number of sulfonamides is 1. The Labute approximate surface area is 159 Å². The van der Waals surface area contributed by atoms with Gasteiger partial charge in [0.15, 0.2) is 12.4 Å². The van der Waals surface area contributed by atoms with Crippen LogP contribution in [0, 0.1) is 13.8 Å². The van der Waals surface area contributed by atoms with Gasteiger partial charge >= 0.3 is 0 Å². The first kappa shape index (κ1) is 19.5. The van der Waals surface area contributed by atoms with Gasteiger partial charge in [-0.05, 0) is 37.1 Å². The van der Waals surface area contributed by atoms with Gasteiger partial charge in [-0.15, -0.1) is 0 Å². The van der Waals surface area contributed by atoms with Crippen LogP contribution < -0.4 is 9.88 Å². The number of pyridine rings is 1. The van der Waals surface area contributed by atoms with Gasteiger partial charge in [-0.1, -0.05) is 6.07 Å². The maximum absolute atomic E-state index is 12.8. The number of morpholine rings is 1. The minimum Gasteiger partial charge on any atom is -0.379 e. The summed E-state index contributed by atoms with van der Waals surface area (Å²) in [7, 11) is -3.60. The molecule has 1 aromatic heterocycles. The summed E-state index contributed by atoms with van der Waals surface area (Å²) in [5, 5.41) is 2.82. The van der Waals surface area contributed by atoms with Crippen LogP contribution in [0.2, 0.25) is 0 Å². The number of nitrogens with one attached hydrogen (secondary N) is 1. The zero-order valence-electron chi connectivity index (χ0n) is 15.5. The van der Waals surface area contributed by atoms with E-state index in [1.165, 1.54) is 10.4 Å². The highest BCUT2D eigenvalue weighted by Gasteiger charge is 2.27. The smallest absolute Gasteiger partial charge is 0.290 e. The third-order valence-corrected chi connectivity index (χ3v) is 6.37. The van der Waals surface area contributed by atoms with Gasteiger partial charge in [0.1, 0.15) is 0 Å². The predicted molar refractivity (Wildman–Crippen MR) is 101 cm³/mol. The molecule has 1 fully saturated rings. The van der Waals surface area contributed by atoms with Crippen molar-refractivity contribution in [1.82, 2.24) is 4.31 Å². The van der Waals surface area contributed by atoms with E-state index in [0.717, 1.165) is 11.1 Å². The van der Waals surface area contributed by atoms with E-state index in [4.69, 9.17) is 4.74 Å². The molecule has 1 saturated heterocycles. The SMILES string of the molecule is Cc1cc[n+](CC(=O)Nc2cc(S(=O)(=O)N3CCOCC3)ccc2C)cc1. The van der Waals surface area contributed by atoms with Crippen molar-refractivity contribution in [2.24, 2.45) is 0 Å². The number of nitrogens with zero attached hydrogens (tertiary/aromatic N) is 2. The lowest BCUT2D eigenvalue weighted by molar-refractivity contribution is -0.684. The average Bonchev–Trinajstić information content (AvgIpc) is 2.66. The summed E-state index contributed by atoms with van der Waals surface area (Å²) < 4.78 is 34.0. The van der Waals surface area contributed by atoms with E-state index in [2.05, 4.69) is 5.32 Å². The lowest BCUT2D eigenvalue weighted by atomic mass is 10.2. The summed E-state index contributed by atoms with van der Waals surface area (Å²) in [5.74, 6) is -0.215. The number of hydrogen-bond donors (Lipinski definition) is 1. The van der Waals surface area contributed by atoms with Gasteiger partial charge in [0.2, 0.25) is 16.6 Å². The second-order valence-corrected chi connectivity index (χ2v) is 8.53. The molecule has 0 atom stereocenters.